The molecule has 0 saturated carbocycles. The Labute approximate surface area is 114 Å². The number of hydrogen-bond acceptors (Lipinski definition) is 3. The Balaban J connectivity index is 2.06. The average Bonchev–Trinajstić information content (AvgIpc) is 2.27. The van der Waals surface area contributed by atoms with Crippen molar-refractivity contribution in [1.82, 2.24) is 15.1 Å². The molecule has 0 unspecified atom stereocenters. The molecule has 0 aliphatic carbocycles. The van der Waals surface area contributed by atoms with Gasteiger partial charge in [-0.2, -0.15) is 0 Å². The second-order valence-corrected chi connectivity index (χ2v) is 6.82. The van der Waals surface area contributed by atoms with Crippen LogP contribution in [0.4, 0.5) is 0 Å². The van der Waals surface area contributed by atoms with Gasteiger partial charge in [0.15, 0.2) is 0 Å². The summed E-state index contributed by atoms with van der Waals surface area (Å²) in [7, 11) is 2.24. The topological polar surface area (TPSA) is 18.5 Å². The first kappa shape index (κ1) is 15.9. The van der Waals surface area contributed by atoms with Gasteiger partial charge in [0.2, 0.25) is 0 Å². The Bertz CT molecular complexity index is 226. The first-order valence-corrected chi connectivity index (χ1v) is 7.56. The molecule has 0 bridgehead atoms. The van der Waals surface area contributed by atoms with E-state index in [1.807, 2.05) is 0 Å². The summed E-state index contributed by atoms with van der Waals surface area (Å²) in [5, 5.41) is 3.52. The van der Waals surface area contributed by atoms with Crippen molar-refractivity contribution in [2.24, 2.45) is 5.92 Å². The highest BCUT2D eigenvalue weighted by Crippen LogP contribution is 2.18. The molecule has 18 heavy (non-hydrogen) atoms. The first-order valence-electron chi connectivity index (χ1n) is 7.56. The van der Waals surface area contributed by atoms with E-state index in [4.69, 9.17) is 0 Å². The van der Waals surface area contributed by atoms with Crippen molar-refractivity contribution >= 4 is 0 Å². The fourth-order valence-corrected chi connectivity index (χ4v) is 2.51. The number of nitrogens with one attached hydrogen (secondary N) is 1. The van der Waals surface area contributed by atoms with E-state index in [1.165, 1.54) is 45.6 Å². The van der Waals surface area contributed by atoms with Gasteiger partial charge < -0.3 is 10.2 Å². The SMILES string of the molecule is CC(C)CNCCCCN1CCN(C)C(C)(C)C1. The minimum atomic E-state index is 0.341. The van der Waals surface area contributed by atoms with Gasteiger partial charge in [-0.25, -0.2) is 0 Å². The fourth-order valence-electron chi connectivity index (χ4n) is 2.51. The van der Waals surface area contributed by atoms with E-state index in [-0.39, 0.29) is 0 Å². The molecule has 0 aromatic rings. The van der Waals surface area contributed by atoms with Gasteiger partial charge >= 0.3 is 0 Å². The Morgan fingerprint density at radius 1 is 1.17 bits per heavy atom. The van der Waals surface area contributed by atoms with E-state index in [0.29, 0.717) is 5.54 Å². The molecule has 0 radical (unpaired) electrons. The summed E-state index contributed by atoms with van der Waals surface area (Å²) < 4.78 is 0. The third kappa shape index (κ3) is 5.68. The molecule has 1 aliphatic heterocycles. The molecule has 0 aromatic carbocycles. The number of likely N-dealkylation sites (N-methyl/N-ethyl adjacent to an activating group) is 1. The summed E-state index contributed by atoms with van der Waals surface area (Å²) in [4.78, 5) is 5.11. The van der Waals surface area contributed by atoms with E-state index in [9.17, 15) is 0 Å². The summed E-state index contributed by atoms with van der Waals surface area (Å²) in [6.45, 7) is 16.5. The maximum Gasteiger partial charge on any atom is 0.0277 e. The van der Waals surface area contributed by atoms with Crippen LogP contribution >= 0.6 is 0 Å². The highest BCUT2D eigenvalue weighted by Gasteiger charge is 2.30. The lowest BCUT2D eigenvalue weighted by molar-refractivity contribution is 0.0393. The van der Waals surface area contributed by atoms with Crippen molar-refractivity contribution in [3.63, 3.8) is 0 Å². The van der Waals surface area contributed by atoms with E-state index in [2.05, 4.69) is 49.9 Å². The molecule has 1 aliphatic rings. The predicted octanol–water partition coefficient (Wildman–Crippen LogP) is 2.04. The molecule has 108 valence electrons. The number of nitrogens with zero attached hydrogens (tertiary/aromatic N) is 2. The normalized spacial score (nSPS) is 21.7. The van der Waals surface area contributed by atoms with Gasteiger partial charge in [0.1, 0.15) is 0 Å². The minimum Gasteiger partial charge on any atom is -0.316 e. The van der Waals surface area contributed by atoms with E-state index in [0.717, 1.165) is 12.5 Å². The van der Waals surface area contributed by atoms with Crippen molar-refractivity contribution < 1.29 is 0 Å². The van der Waals surface area contributed by atoms with Gasteiger partial charge in [0.25, 0.3) is 0 Å². The molecule has 3 heteroatoms. The van der Waals surface area contributed by atoms with Gasteiger partial charge in [-0.1, -0.05) is 13.8 Å². The van der Waals surface area contributed by atoms with Gasteiger partial charge in [-0.3, -0.25) is 4.90 Å². The Morgan fingerprint density at radius 3 is 2.50 bits per heavy atom. The van der Waals surface area contributed by atoms with Crippen molar-refractivity contribution in [1.29, 1.82) is 0 Å². The largest absolute Gasteiger partial charge is 0.316 e. The molecule has 3 nitrogen and oxygen atoms in total. The smallest absolute Gasteiger partial charge is 0.0277 e. The van der Waals surface area contributed by atoms with Crippen LogP contribution in [-0.2, 0) is 0 Å². The number of rotatable bonds is 7. The maximum atomic E-state index is 3.52. The van der Waals surface area contributed by atoms with Crippen LogP contribution in [0.5, 0.6) is 0 Å². The van der Waals surface area contributed by atoms with Crippen LogP contribution in [-0.4, -0.2) is 61.7 Å². The fraction of sp³-hybridized carbons (Fsp3) is 1.00. The minimum absolute atomic E-state index is 0.341. The lowest BCUT2D eigenvalue weighted by atomic mass is 9.99. The van der Waals surface area contributed by atoms with Gasteiger partial charge in [-0.15, -0.1) is 0 Å². The van der Waals surface area contributed by atoms with Gasteiger partial charge in [0.05, 0.1) is 0 Å². The van der Waals surface area contributed by atoms with E-state index >= 15 is 0 Å². The molecule has 1 N–H and O–H groups in total. The van der Waals surface area contributed by atoms with Crippen LogP contribution in [0.1, 0.15) is 40.5 Å². The Morgan fingerprint density at radius 2 is 1.89 bits per heavy atom. The second kappa shape index (κ2) is 7.46. The van der Waals surface area contributed by atoms with Crippen molar-refractivity contribution in [2.45, 2.75) is 46.1 Å². The number of hydrogen-bond donors (Lipinski definition) is 1. The number of unbranched alkanes of at least 4 members (excludes halogenated alkanes) is 1. The molecule has 0 spiro atoms. The Hall–Kier alpha value is -0.120. The molecule has 1 heterocycles. The molecular weight excluding hydrogens is 222 g/mol. The van der Waals surface area contributed by atoms with Crippen LogP contribution in [0.3, 0.4) is 0 Å². The van der Waals surface area contributed by atoms with Crippen LogP contribution in [0.2, 0.25) is 0 Å². The quantitative estimate of drug-likeness (QED) is 0.702. The van der Waals surface area contributed by atoms with Crippen LogP contribution in [0.15, 0.2) is 0 Å². The lowest BCUT2D eigenvalue weighted by Crippen LogP contribution is -2.57. The molecule has 1 saturated heterocycles. The third-order valence-corrected chi connectivity index (χ3v) is 4.03. The zero-order valence-electron chi connectivity index (χ0n) is 13.1. The van der Waals surface area contributed by atoms with Crippen LogP contribution in [0, 0.1) is 5.92 Å². The molecule has 1 rings (SSSR count). The first-order chi connectivity index (χ1) is 8.42. The van der Waals surface area contributed by atoms with Crippen LogP contribution in [0.25, 0.3) is 0 Å². The highest BCUT2D eigenvalue weighted by molar-refractivity contribution is 4.87. The summed E-state index contributed by atoms with van der Waals surface area (Å²) in [6, 6.07) is 0. The van der Waals surface area contributed by atoms with Gasteiger partial charge in [0, 0.05) is 25.2 Å². The van der Waals surface area contributed by atoms with Crippen LogP contribution < -0.4 is 5.32 Å². The monoisotopic (exact) mass is 255 g/mol. The summed E-state index contributed by atoms with van der Waals surface area (Å²) in [6.07, 6.45) is 2.63. The zero-order chi connectivity index (χ0) is 13.6. The predicted molar refractivity (Wildman–Crippen MR) is 80.1 cm³/mol. The average molecular weight is 255 g/mol. The number of piperazine rings is 1. The summed E-state index contributed by atoms with van der Waals surface area (Å²) >= 11 is 0. The summed E-state index contributed by atoms with van der Waals surface area (Å²) in [5.74, 6) is 0.767. The van der Waals surface area contributed by atoms with Gasteiger partial charge in [-0.05, 0) is 59.3 Å². The van der Waals surface area contributed by atoms with E-state index < -0.39 is 0 Å². The van der Waals surface area contributed by atoms with Crippen molar-refractivity contribution in [2.75, 3.05) is 46.3 Å². The Kier molecular flexibility index (Phi) is 6.61. The second-order valence-electron chi connectivity index (χ2n) is 6.82. The molecule has 1 fully saturated rings. The van der Waals surface area contributed by atoms with E-state index in [1.54, 1.807) is 0 Å². The van der Waals surface area contributed by atoms with Crippen molar-refractivity contribution in [3.8, 4) is 0 Å². The summed E-state index contributed by atoms with van der Waals surface area (Å²) in [5.41, 5.74) is 0.341. The standard InChI is InChI=1S/C15H33N3/c1-14(2)12-16-8-6-7-9-18-11-10-17(5)15(3,4)13-18/h14,16H,6-13H2,1-5H3. The lowest BCUT2D eigenvalue weighted by Gasteiger charge is -2.45. The maximum absolute atomic E-state index is 3.52. The van der Waals surface area contributed by atoms with Crippen molar-refractivity contribution in [3.05, 3.63) is 0 Å². The molecular formula is C15H33N3. The molecule has 0 atom stereocenters. The highest BCUT2D eigenvalue weighted by atomic mass is 15.3. The molecule has 0 amide bonds. The zero-order valence-corrected chi connectivity index (χ0v) is 13.1. The molecule has 0 aromatic heterocycles. The third-order valence-electron chi connectivity index (χ3n) is 4.03.